The van der Waals surface area contributed by atoms with E-state index in [1.807, 2.05) is 29.6 Å². The minimum Gasteiger partial charge on any atom is -0.392 e. The molecule has 3 nitrogen and oxygen atoms in total. The van der Waals surface area contributed by atoms with E-state index in [1.165, 1.54) is 4.70 Å². The number of anilines is 1. The van der Waals surface area contributed by atoms with Gasteiger partial charge in [-0.25, -0.2) is 0 Å². The van der Waals surface area contributed by atoms with E-state index in [4.69, 9.17) is 18.0 Å². The van der Waals surface area contributed by atoms with E-state index >= 15 is 0 Å². The van der Waals surface area contributed by atoms with Gasteiger partial charge in [-0.15, -0.1) is 11.3 Å². The van der Waals surface area contributed by atoms with Crippen LogP contribution in [0.3, 0.4) is 0 Å². The molecule has 19 heavy (non-hydrogen) atoms. The number of hydrogen-bond acceptors (Lipinski definition) is 3. The van der Waals surface area contributed by atoms with Crippen LogP contribution in [0.25, 0.3) is 10.1 Å². The van der Waals surface area contributed by atoms with Crippen LogP contribution in [0, 0.1) is 5.41 Å². The third-order valence-corrected chi connectivity index (χ3v) is 5.11. The van der Waals surface area contributed by atoms with Gasteiger partial charge in [0.25, 0.3) is 0 Å². The van der Waals surface area contributed by atoms with Crippen LogP contribution in [-0.4, -0.2) is 10.9 Å². The maximum atomic E-state index is 12.4. The van der Waals surface area contributed by atoms with Crippen LogP contribution in [-0.2, 0) is 4.79 Å². The summed E-state index contributed by atoms with van der Waals surface area (Å²) in [7, 11) is 0. The molecule has 0 unspecified atom stereocenters. The molecule has 0 aliphatic heterocycles. The van der Waals surface area contributed by atoms with Gasteiger partial charge in [0.1, 0.15) is 0 Å². The molecular formula is C14H14N2OS2. The molecule has 3 rings (SSSR count). The maximum Gasteiger partial charge on any atom is 0.237 e. The summed E-state index contributed by atoms with van der Waals surface area (Å²) in [5.74, 6) is -0.0687. The van der Waals surface area contributed by atoms with Crippen molar-refractivity contribution in [3.05, 3.63) is 29.6 Å². The average molecular weight is 290 g/mol. The predicted molar refractivity (Wildman–Crippen MR) is 83.5 cm³/mol. The second kappa shape index (κ2) is 4.58. The van der Waals surface area contributed by atoms with Crippen LogP contribution in [0.5, 0.6) is 0 Å². The van der Waals surface area contributed by atoms with E-state index in [0.717, 1.165) is 30.3 Å². The minimum absolute atomic E-state index is 0.0687. The molecule has 0 radical (unpaired) electrons. The van der Waals surface area contributed by atoms with Crippen LogP contribution >= 0.6 is 23.6 Å². The van der Waals surface area contributed by atoms with Gasteiger partial charge in [-0.1, -0.05) is 18.6 Å². The predicted octanol–water partition coefficient (Wildman–Crippen LogP) is 3.30. The smallest absolute Gasteiger partial charge is 0.237 e. The molecule has 1 aromatic heterocycles. The van der Waals surface area contributed by atoms with Crippen molar-refractivity contribution in [3.63, 3.8) is 0 Å². The molecule has 1 aliphatic carbocycles. The molecule has 98 valence electrons. The Balaban J connectivity index is 1.84. The average Bonchev–Trinajstić information content (AvgIpc) is 2.73. The highest BCUT2D eigenvalue weighted by Gasteiger charge is 2.46. The zero-order valence-electron chi connectivity index (χ0n) is 10.3. The molecule has 0 bridgehead atoms. The lowest BCUT2D eigenvalue weighted by Gasteiger charge is -2.39. The van der Waals surface area contributed by atoms with Crippen LogP contribution in [0.4, 0.5) is 5.69 Å². The van der Waals surface area contributed by atoms with Crippen LogP contribution < -0.4 is 11.1 Å². The third kappa shape index (κ3) is 2.03. The quantitative estimate of drug-likeness (QED) is 0.853. The van der Waals surface area contributed by atoms with Crippen molar-refractivity contribution in [2.24, 2.45) is 11.1 Å². The number of carbonyl (C=O) groups is 1. The summed E-state index contributed by atoms with van der Waals surface area (Å²) in [5, 5.41) is 6.13. The zero-order valence-corrected chi connectivity index (χ0v) is 11.9. The first kappa shape index (κ1) is 12.6. The van der Waals surface area contributed by atoms with Crippen molar-refractivity contribution in [3.8, 4) is 0 Å². The number of nitrogens with two attached hydrogens (primary N) is 1. The fourth-order valence-electron chi connectivity index (χ4n) is 2.41. The van der Waals surface area contributed by atoms with E-state index in [9.17, 15) is 4.79 Å². The summed E-state index contributed by atoms with van der Waals surface area (Å²) in [4.78, 5) is 12.7. The number of amides is 1. The number of thiophene rings is 1. The number of hydrogen-bond donors (Lipinski definition) is 2. The van der Waals surface area contributed by atoms with E-state index < -0.39 is 5.41 Å². The first-order valence-corrected chi connectivity index (χ1v) is 7.49. The van der Waals surface area contributed by atoms with Crippen molar-refractivity contribution < 1.29 is 4.79 Å². The highest BCUT2D eigenvalue weighted by molar-refractivity contribution is 7.80. The van der Waals surface area contributed by atoms with E-state index in [2.05, 4.69) is 5.32 Å². The topological polar surface area (TPSA) is 55.1 Å². The molecule has 3 N–H and O–H groups in total. The Morgan fingerprint density at radius 1 is 1.37 bits per heavy atom. The number of thiocarbonyl (C=S) groups is 1. The molecule has 2 aromatic rings. The Morgan fingerprint density at radius 3 is 2.79 bits per heavy atom. The molecule has 1 aromatic carbocycles. The maximum absolute atomic E-state index is 12.4. The van der Waals surface area contributed by atoms with Gasteiger partial charge in [0.05, 0.1) is 10.4 Å². The van der Waals surface area contributed by atoms with Crippen molar-refractivity contribution in [2.75, 3.05) is 5.32 Å². The molecule has 1 aliphatic rings. The van der Waals surface area contributed by atoms with Gasteiger partial charge in [-0.2, -0.15) is 0 Å². The Hall–Kier alpha value is -1.46. The Kier molecular flexibility index (Phi) is 3.03. The third-order valence-electron chi connectivity index (χ3n) is 3.82. The first-order chi connectivity index (χ1) is 9.12. The number of fused-ring (bicyclic) bond motifs is 1. The van der Waals surface area contributed by atoms with Gasteiger partial charge in [0, 0.05) is 10.4 Å². The van der Waals surface area contributed by atoms with Crippen LogP contribution in [0.2, 0.25) is 0 Å². The lowest BCUT2D eigenvalue weighted by atomic mass is 9.68. The molecule has 1 fully saturated rings. The molecule has 1 amide bonds. The van der Waals surface area contributed by atoms with Crippen LogP contribution in [0.15, 0.2) is 29.6 Å². The summed E-state index contributed by atoms with van der Waals surface area (Å²) < 4.78 is 1.21. The summed E-state index contributed by atoms with van der Waals surface area (Å²) in [6.07, 6.45) is 2.53. The number of nitrogens with one attached hydrogen (secondary N) is 1. The highest BCUT2D eigenvalue weighted by Crippen LogP contribution is 2.42. The van der Waals surface area contributed by atoms with Crippen molar-refractivity contribution >= 4 is 50.2 Å². The van der Waals surface area contributed by atoms with E-state index in [1.54, 1.807) is 11.3 Å². The normalized spacial score (nSPS) is 16.8. The Labute approximate surface area is 120 Å². The number of benzene rings is 1. The summed E-state index contributed by atoms with van der Waals surface area (Å²) in [6, 6.07) is 7.96. The van der Waals surface area contributed by atoms with E-state index in [-0.39, 0.29) is 5.91 Å². The minimum atomic E-state index is -0.626. The second-order valence-electron chi connectivity index (χ2n) is 4.93. The second-order valence-corrected chi connectivity index (χ2v) is 6.31. The standard InChI is InChI=1S/C14H14N2OS2/c15-12(18)14(5-1-6-14)13(17)16-10-2-3-11-9(8-10)4-7-19-11/h2-4,7-8H,1,5-6H2,(H2,15,18)(H,16,17). The van der Waals surface area contributed by atoms with Crippen LogP contribution in [0.1, 0.15) is 19.3 Å². The fraction of sp³-hybridized carbons (Fsp3) is 0.286. The molecule has 1 heterocycles. The summed E-state index contributed by atoms with van der Waals surface area (Å²) in [6.45, 7) is 0. The van der Waals surface area contributed by atoms with Gasteiger partial charge in [0.15, 0.2) is 0 Å². The molecule has 5 heteroatoms. The van der Waals surface area contributed by atoms with Gasteiger partial charge in [0.2, 0.25) is 5.91 Å². The van der Waals surface area contributed by atoms with Crippen molar-refractivity contribution in [2.45, 2.75) is 19.3 Å². The van der Waals surface area contributed by atoms with Gasteiger partial charge < -0.3 is 11.1 Å². The molecular weight excluding hydrogens is 276 g/mol. The number of carbonyl (C=O) groups excluding carboxylic acids is 1. The fourth-order valence-corrected chi connectivity index (χ4v) is 3.48. The SMILES string of the molecule is NC(=S)C1(C(=O)Nc2ccc3sccc3c2)CCC1. The Morgan fingerprint density at radius 2 is 2.16 bits per heavy atom. The molecule has 0 saturated heterocycles. The van der Waals surface area contributed by atoms with Gasteiger partial charge in [-0.05, 0) is 47.9 Å². The van der Waals surface area contributed by atoms with Crippen molar-refractivity contribution in [1.82, 2.24) is 0 Å². The molecule has 0 atom stereocenters. The molecule has 1 saturated carbocycles. The zero-order chi connectivity index (χ0) is 13.5. The molecule has 0 spiro atoms. The van der Waals surface area contributed by atoms with Gasteiger partial charge in [-0.3, -0.25) is 4.79 Å². The highest BCUT2D eigenvalue weighted by atomic mass is 32.1. The number of rotatable bonds is 3. The van der Waals surface area contributed by atoms with Crippen molar-refractivity contribution in [1.29, 1.82) is 0 Å². The first-order valence-electron chi connectivity index (χ1n) is 6.20. The monoisotopic (exact) mass is 290 g/mol. The summed E-state index contributed by atoms with van der Waals surface area (Å²) in [5.41, 5.74) is 5.91. The summed E-state index contributed by atoms with van der Waals surface area (Å²) >= 11 is 6.74. The Bertz CT molecular complexity index is 658. The lowest BCUT2D eigenvalue weighted by Crippen LogP contribution is -2.50. The van der Waals surface area contributed by atoms with E-state index in [0.29, 0.717) is 4.99 Å². The lowest BCUT2D eigenvalue weighted by molar-refractivity contribution is -0.125. The van der Waals surface area contributed by atoms with Gasteiger partial charge >= 0.3 is 0 Å². The largest absolute Gasteiger partial charge is 0.392 e.